The SMILES string of the molecule is CCC(O)(c1ccc(C#N)cc1)c1ccc(OC)cc1. The largest absolute Gasteiger partial charge is 0.497 e. The Morgan fingerprint density at radius 3 is 1.95 bits per heavy atom. The second-order valence-electron chi connectivity index (χ2n) is 4.63. The summed E-state index contributed by atoms with van der Waals surface area (Å²) in [6.45, 7) is 1.93. The molecule has 0 spiro atoms. The summed E-state index contributed by atoms with van der Waals surface area (Å²) in [5.41, 5.74) is 1.12. The van der Waals surface area contributed by atoms with E-state index in [2.05, 4.69) is 6.07 Å². The van der Waals surface area contributed by atoms with E-state index in [0.717, 1.165) is 16.9 Å². The predicted molar refractivity (Wildman–Crippen MR) is 77.4 cm³/mol. The van der Waals surface area contributed by atoms with Crippen LogP contribution in [0.5, 0.6) is 5.75 Å². The van der Waals surface area contributed by atoms with Gasteiger partial charge in [-0.1, -0.05) is 31.2 Å². The lowest BCUT2D eigenvalue weighted by molar-refractivity contribution is 0.0765. The van der Waals surface area contributed by atoms with Gasteiger partial charge in [-0.05, 0) is 41.8 Å². The molecule has 0 saturated heterocycles. The van der Waals surface area contributed by atoms with Crippen LogP contribution < -0.4 is 4.74 Å². The molecule has 0 saturated carbocycles. The van der Waals surface area contributed by atoms with E-state index in [0.29, 0.717) is 12.0 Å². The van der Waals surface area contributed by atoms with Crippen LogP contribution in [0.3, 0.4) is 0 Å². The lowest BCUT2D eigenvalue weighted by atomic mass is 9.84. The van der Waals surface area contributed by atoms with E-state index in [-0.39, 0.29) is 0 Å². The number of hydrogen-bond acceptors (Lipinski definition) is 3. The topological polar surface area (TPSA) is 53.2 Å². The fourth-order valence-electron chi connectivity index (χ4n) is 2.26. The van der Waals surface area contributed by atoms with Gasteiger partial charge in [0.15, 0.2) is 0 Å². The Hall–Kier alpha value is -2.31. The number of hydrogen-bond donors (Lipinski definition) is 1. The van der Waals surface area contributed by atoms with Crippen LogP contribution in [-0.4, -0.2) is 12.2 Å². The molecule has 0 aliphatic carbocycles. The zero-order valence-corrected chi connectivity index (χ0v) is 11.6. The summed E-state index contributed by atoms with van der Waals surface area (Å²) in [4.78, 5) is 0. The molecule has 1 atom stereocenters. The highest BCUT2D eigenvalue weighted by Gasteiger charge is 2.29. The third kappa shape index (κ3) is 2.52. The third-order valence-electron chi connectivity index (χ3n) is 3.57. The van der Waals surface area contributed by atoms with E-state index in [1.165, 1.54) is 0 Å². The molecule has 3 nitrogen and oxygen atoms in total. The fraction of sp³-hybridized carbons (Fsp3) is 0.235. The highest BCUT2D eigenvalue weighted by atomic mass is 16.5. The maximum Gasteiger partial charge on any atom is 0.118 e. The molecule has 0 aliphatic rings. The lowest BCUT2D eigenvalue weighted by Gasteiger charge is -2.28. The van der Waals surface area contributed by atoms with Crippen molar-refractivity contribution < 1.29 is 9.84 Å². The van der Waals surface area contributed by atoms with Gasteiger partial charge in [-0.15, -0.1) is 0 Å². The predicted octanol–water partition coefficient (Wildman–Crippen LogP) is 3.21. The molecule has 1 unspecified atom stereocenters. The number of benzene rings is 2. The molecule has 2 rings (SSSR count). The fourth-order valence-corrected chi connectivity index (χ4v) is 2.26. The summed E-state index contributed by atoms with van der Waals surface area (Å²) >= 11 is 0. The molecule has 0 bridgehead atoms. The van der Waals surface area contributed by atoms with Gasteiger partial charge >= 0.3 is 0 Å². The van der Waals surface area contributed by atoms with Crippen molar-refractivity contribution in [3.05, 3.63) is 65.2 Å². The molecular weight excluding hydrogens is 250 g/mol. The number of methoxy groups -OCH3 is 1. The van der Waals surface area contributed by atoms with Crippen molar-refractivity contribution in [3.8, 4) is 11.8 Å². The first-order valence-electron chi connectivity index (χ1n) is 6.51. The molecule has 2 aromatic rings. The molecule has 3 heteroatoms. The smallest absolute Gasteiger partial charge is 0.118 e. The van der Waals surface area contributed by atoms with Crippen molar-refractivity contribution in [1.82, 2.24) is 0 Å². The van der Waals surface area contributed by atoms with Gasteiger partial charge in [0.1, 0.15) is 11.4 Å². The zero-order chi connectivity index (χ0) is 14.6. The van der Waals surface area contributed by atoms with Crippen molar-refractivity contribution in [1.29, 1.82) is 5.26 Å². The second kappa shape index (κ2) is 5.77. The van der Waals surface area contributed by atoms with Gasteiger partial charge in [-0.25, -0.2) is 0 Å². The Morgan fingerprint density at radius 2 is 1.55 bits per heavy atom. The van der Waals surface area contributed by atoms with Crippen LogP contribution in [0.25, 0.3) is 0 Å². The van der Waals surface area contributed by atoms with Gasteiger partial charge < -0.3 is 9.84 Å². The van der Waals surface area contributed by atoms with E-state index in [4.69, 9.17) is 10.00 Å². The zero-order valence-electron chi connectivity index (χ0n) is 11.6. The van der Waals surface area contributed by atoms with Crippen molar-refractivity contribution in [2.24, 2.45) is 0 Å². The molecule has 0 heterocycles. The quantitative estimate of drug-likeness (QED) is 0.925. The summed E-state index contributed by atoms with van der Waals surface area (Å²) in [6, 6.07) is 16.5. The Bertz CT molecular complexity index is 611. The summed E-state index contributed by atoms with van der Waals surface area (Å²) < 4.78 is 5.13. The Balaban J connectivity index is 2.43. The summed E-state index contributed by atoms with van der Waals surface area (Å²) in [5.74, 6) is 0.757. The van der Waals surface area contributed by atoms with Gasteiger partial charge in [0, 0.05) is 0 Å². The molecule has 102 valence electrons. The first-order chi connectivity index (χ1) is 9.63. The molecule has 0 aromatic heterocycles. The minimum Gasteiger partial charge on any atom is -0.497 e. The van der Waals surface area contributed by atoms with Crippen LogP contribution in [0, 0.1) is 11.3 Å². The minimum absolute atomic E-state index is 0.547. The number of rotatable bonds is 4. The van der Waals surface area contributed by atoms with E-state index < -0.39 is 5.60 Å². The number of nitrogens with zero attached hydrogens (tertiary/aromatic N) is 1. The normalized spacial score (nSPS) is 13.3. The molecule has 0 radical (unpaired) electrons. The van der Waals surface area contributed by atoms with Crippen LogP contribution in [0.4, 0.5) is 0 Å². The Kier molecular flexibility index (Phi) is 4.07. The summed E-state index contributed by atoms with van der Waals surface area (Å²) in [6.07, 6.45) is 0.547. The van der Waals surface area contributed by atoms with Crippen LogP contribution in [0.15, 0.2) is 48.5 Å². The summed E-state index contributed by atoms with van der Waals surface area (Å²) in [7, 11) is 1.61. The Labute approximate surface area is 119 Å². The number of aliphatic hydroxyl groups is 1. The van der Waals surface area contributed by atoms with Crippen molar-refractivity contribution in [2.75, 3.05) is 7.11 Å². The number of nitriles is 1. The van der Waals surface area contributed by atoms with Gasteiger partial charge in [0.05, 0.1) is 18.7 Å². The van der Waals surface area contributed by atoms with Crippen molar-refractivity contribution >= 4 is 0 Å². The monoisotopic (exact) mass is 267 g/mol. The third-order valence-corrected chi connectivity index (χ3v) is 3.57. The van der Waals surface area contributed by atoms with Gasteiger partial charge in [0.2, 0.25) is 0 Å². The molecule has 0 amide bonds. The second-order valence-corrected chi connectivity index (χ2v) is 4.63. The van der Waals surface area contributed by atoms with Crippen LogP contribution in [-0.2, 0) is 5.60 Å². The highest BCUT2D eigenvalue weighted by molar-refractivity contribution is 5.41. The maximum atomic E-state index is 11.0. The molecule has 2 aromatic carbocycles. The first kappa shape index (κ1) is 14.1. The molecule has 0 fully saturated rings. The van der Waals surface area contributed by atoms with Crippen LogP contribution in [0.1, 0.15) is 30.0 Å². The van der Waals surface area contributed by atoms with Gasteiger partial charge in [0.25, 0.3) is 0 Å². The number of ether oxygens (including phenoxy) is 1. The lowest BCUT2D eigenvalue weighted by Crippen LogP contribution is -2.26. The summed E-state index contributed by atoms with van der Waals surface area (Å²) in [5, 5.41) is 19.8. The Morgan fingerprint density at radius 1 is 1.05 bits per heavy atom. The average Bonchev–Trinajstić information content (AvgIpc) is 2.54. The van der Waals surface area contributed by atoms with Gasteiger partial charge in [-0.3, -0.25) is 0 Å². The van der Waals surface area contributed by atoms with E-state index in [9.17, 15) is 5.11 Å². The molecule has 20 heavy (non-hydrogen) atoms. The minimum atomic E-state index is -1.06. The molecular formula is C17H17NO2. The van der Waals surface area contributed by atoms with E-state index >= 15 is 0 Å². The van der Waals surface area contributed by atoms with E-state index in [1.807, 2.05) is 31.2 Å². The first-order valence-corrected chi connectivity index (χ1v) is 6.51. The van der Waals surface area contributed by atoms with Crippen molar-refractivity contribution in [3.63, 3.8) is 0 Å². The average molecular weight is 267 g/mol. The maximum absolute atomic E-state index is 11.0. The van der Waals surface area contributed by atoms with Crippen LogP contribution in [0.2, 0.25) is 0 Å². The van der Waals surface area contributed by atoms with E-state index in [1.54, 1.807) is 31.4 Å². The van der Waals surface area contributed by atoms with Crippen LogP contribution >= 0.6 is 0 Å². The standard InChI is InChI=1S/C17H17NO2/c1-3-17(19,14-6-4-13(12-18)5-7-14)15-8-10-16(20-2)11-9-15/h4-11,19H,3H2,1-2H3. The molecule has 0 aliphatic heterocycles. The van der Waals surface area contributed by atoms with Gasteiger partial charge in [-0.2, -0.15) is 5.26 Å². The van der Waals surface area contributed by atoms with Crippen molar-refractivity contribution in [2.45, 2.75) is 18.9 Å². The molecule has 1 N–H and O–H groups in total. The highest BCUT2D eigenvalue weighted by Crippen LogP contribution is 2.33.